The van der Waals surface area contributed by atoms with E-state index >= 15 is 0 Å². The summed E-state index contributed by atoms with van der Waals surface area (Å²) in [4.78, 5) is 4.70. The van der Waals surface area contributed by atoms with E-state index in [0.29, 0.717) is 0 Å². The van der Waals surface area contributed by atoms with Crippen molar-refractivity contribution in [2.24, 2.45) is 0 Å². The van der Waals surface area contributed by atoms with Gasteiger partial charge in [0.05, 0.1) is 34.1 Å². The molecule has 0 amide bonds. The van der Waals surface area contributed by atoms with E-state index in [4.69, 9.17) is 9.47 Å². The lowest BCUT2D eigenvalue weighted by Crippen LogP contribution is -2.16. The third kappa shape index (κ3) is 3.38. The van der Waals surface area contributed by atoms with Crippen LogP contribution >= 0.6 is 0 Å². The van der Waals surface area contributed by atoms with E-state index in [1.54, 1.807) is 0 Å². The molecule has 0 bridgehead atoms. The summed E-state index contributed by atoms with van der Waals surface area (Å²) in [6.07, 6.45) is 0. The summed E-state index contributed by atoms with van der Waals surface area (Å²) in [6, 6.07) is 55.8. The van der Waals surface area contributed by atoms with Gasteiger partial charge in [0.15, 0.2) is 23.0 Å². The zero-order valence-corrected chi connectivity index (χ0v) is 25.7. The topological polar surface area (TPSA) is 24.9 Å². The standard InChI is InChI=1S/C44H26N2O2/c1-5-19-39-35(15-1)45(36-16-2-6-20-40(36)47-39)33-25-23-29-30-24-26-34(32-14-10-12-28(44(30)32)27-11-9-13-31(33)43(27)29)46-37-17-3-7-21-41(37)48-42-22-8-4-18-38(42)46/h1-26H. The minimum absolute atomic E-state index is 0.852. The number of hydrogen-bond acceptors (Lipinski definition) is 4. The molecule has 2 aliphatic rings. The summed E-state index contributed by atoms with van der Waals surface area (Å²) in [5.41, 5.74) is 6.40. The molecular weight excluding hydrogens is 588 g/mol. The summed E-state index contributed by atoms with van der Waals surface area (Å²) in [5, 5.41) is 9.94. The first kappa shape index (κ1) is 25.6. The largest absolute Gasteiger partial charge is 0.453 e. The molecule has 48 heavy (non-hydrogen) atoms. The number of benzene rings is 9. The molecule has 0 aliphatic carbocycles. The molecule has 0 spiro atoms. The van der Waals surface area contributed by atoms with Crippen molar-refractivity contribution in [2.75, 3.05) is 9.80 Å². The summed E-state index contributed by atoms with van der Waals surface area (Å²) in [5.74, 6) is 3.41. The van der Waals surface area contributed by atoms with Gasteiger partial charge in [-0.3, -0.25) is 0 Å². The lowest BCUT2D eigenvalue weighted by Gasteiger charge is -2.34. The van der Waals surface area contributed by atoms with Gasteiger partial charge >= 0.3 is 0 Å². The van der Waals surface area contributed by atoms with Gasteiger partial charge in [0.2, 0.25) is 0 Å². The van der Waals surface area contributed by atoms with Crippen LogP contribution in [-0.2, 0) is 0 Å². The number of para-hydroxylation sites is 8. The van der Waals surface area contributed by atoms with Crippen molar-refractivity contribution in [3.8, 4) is 23.0 Å². The Bertz CT molecular complexity index is 2470. The minimum Gasteiger partial charge on any atom is -0.453 e. The van der Waals surface area contributed by atoms with Crippen LogP contribution in [0.25, 0.3) is 43.1 Å². The van der Waals surface area contributed by atoms with Crippen molar-refractivity contribution < 1.29 is 9.47 Å². The highest BCUT2D eigenvalue weighted by Gasteiger charge is 2.29. The highest BCUT2D eigenvalue weighted by Crippen LogP contribution is 2.55. The molecule has 0 fully saturated rings. The zero-order chi connectivity index (χ0) is 31.3. The SMILES string of the molecule is c1ccc2c(c1)Oc1ccccc1N2c1ccc2c3ccc(N4c5ccccc5Oc5ccccc54)c4cccc(c5cccc1c52)c43. The van der Waals surface area contributed by atoms with E-state index in [0.717, 1.165) is 57.1 Å². The predicted molar refractivity (Wildman–Crippen MR) is 197 cm³/mol. The Kier molecular flexibility index (Phi) is 5.08. The van der Waals surface area contributed by atoms with Gasteiger partial charge in [0.25, 0.3) is 0 Å². The quantitative estimate of drug-likeness (QED) is 0.143. The van der Waals surface area contributed by atoms with Gasteiger partial charge in [-0.15, -0.1) is 0 Å². The van der Waals surface area contributed by atoms with Gasteiger partial charge in [-0.05, 0) is 93.0 Å². The molecule has 2 aliphatic heterocycles. The molecule has 0 saturated carbocycles. The molecule has 0 aromatic heterocycles. The molecular formula is C44H26N2O2. The van der Waals surface area contributed by atoms with Crippen LogP contribution < -0.4 is 19.3 Å². The first-order chi connectivity index (χ1) is 23.8. The van der Waals surface area contributed by atoms with Crippen LogP contribution in [0.5, 0.6) is 23.0 Å². The van der Waals surface area contributed by atoms with E-state index in [2.05, 4.69) is 119 Å². The van der Waals surface area contributed by atoms with Crippen LogP contribution in [0, 0.1) is 0 Å². The van der Waals surface area contributed by atoms with E-state index in [1.165, 1.54) is 43.1 Å². The van der Waals surface area contributed by atoms with Crippen LogP contribution in [0.15, 0.2) is 158 Å². The molecule has 4 heteroatoms. The maximum atomic E-state index is 6.36. The number of hydrogen-bond donors (Lipinski definition) is 0. The predicted octanol–water partition coefficient (Wildman–Crippen LogP) is 12.9. The molecule has 11 rings (SSSR count). The summed E-state index contributed by atoms with van der Waals surface area (Å²) < 4.78 is 12.7. The monoisotopic (exact) mass is 614 g/mol. The van der Waals surface area contributed by atoms with Crippen molar-refractivity contribution >= 4 is 77.2 Å². The second kappa shape index (κ2) is 9.50. The Balaban J connectivity index is 1.20. The third-order valence-corrected chi connectivity index (χ3v) is 9.96. The van der Waals surface area contributed by atoms with Crippen molar-refractivity contribution in [3.05, 3.63) is 158 Å². The van der Waals surface area contributed by atoms with Gasteiger partial charge in [0, 0.05) is 10.8 Å². The van der Waals surface area contributed by atoms with Crippen molar-refractivity contribution in [1.82, 2.24) is 0 Å². The van der Waals surface area contributed by atoms with Gasteiger partial charge < -0.3 is 19.3 Å². The minimum atomic E-state index is 0.852. The van der Waals surface area contributed by atoms with Crippen LogP contribution in [0.4, 0.5) is 34.1 Å². The molecule has 2 heterocycles. The Labute approximate surface area is 276 Å². The summed E-state index contributed by atoms with van der Waals surface area (Å²) in [6.45, 7) is 0. The highest BCUT2D eigenvalue weighted by molar-refractivity contribution is 6.35. The number of anilines is 6. The maximum absolute atomic E-state index is 6.36. The fraction of sp³-hybridized carbons (Fsp3) is 0. The summed E-state index contributed by atoms with van der Waals surface area (Å²) >= 11 is 0. The average molecular weight is 615 g/mol. The average Bonchev–Trinajstić information content (AvgIpc) is 3.15. The van der Waals surface area contributed by atoms with E-state index in [9.17, 15) is 0 Å². The highest BCUT2D eigenvalue weighted by atomic mass is 16.5. The molecule has 0 radical (unpaired) electrons. The Morgan fingerprint density at radius 2 is 0.562 bits per heavy atom. The van der Waals surface area contributed by atoms with Crippen molar-refractivity contribution in [2.45, 2.75) is 0 Å². The van der Waals surface area contributed by atoms with Crippen LogP contribution in [0.3, 0.4) is 0 Å². The Morgan fingerprint density at radius 1 is 0.250 bits per heavy atom. The van der Waals surface area contributed by atoms with Crippen LogP contribution in [-0.4, -0.2) is 0 Å². The Hall–Kier alpha value is -6.52. The van der Waals surface area contributed by atoms with Crippen LogP contribution in [0.2, 0.25) is 0 Å². The third-order valence-electron chi connectivity index (χ3n) is 9.96. The maximum Gasteiger partial charge on any atom is 0.151 e. The van der Waals surface area contributed by atoms with Gasteiger partial charge in [0.1, 0.15) is 0 Å². The lowest BCUT2D eigenvalue weighted by molar-refractivity contribution is 0.477. The first-order valence-electron chi connectivity index (χ1n) is 16.3. The van der Waals surface area contributed by atoms with Gasteiger partial charge in [-0.25, -0.2) is 0 Å². The molecule has 0 atom stereocenters. The molecule has 0 unspecified atom stereocenters. The second-order valence-corrected chi connectivity index (χ2v) is 12.5. The fourth-order valence-corrected chi connectivity index (χ4v) is 8.00. The fourth-order valence-electron chi connectivity index (χ4n) is 8.00. The molecule has 9 aromatic rings. The van der Waals surface area contributed by atoms with Crippen molar-refractivity contribution in [1.29, 1.82) is 0 Å². The molecule has 9 aromatic carbocycles. The lowest BCUT2D eigenvalue weighted by atomic mass is 9.88. The van der Waals surface area contributed by atoms with E-state index in [-0.39, 0.29) is 0 Å². The molecule has 4 nitrogen and oxygen atoms in total. The van der Waals surface area contributed by atoms with E-state index < -0.39 is 0 Å². The summed E-state index contributed by atoms with van der Waals surface area (Å²) in [7, 11) is 0. The Morgan fingerprint density at radius 3 is 0.938 bits per heavy atom. The number of fused-ring (bicyclic) bond motifs is 6. The zero-order valence-electron chi connectivity index (χ0n) is 25.7. The smallest absolute Gasteiger partial charge is 0.151 e. The number of rotatable bonds is 2. The molecule has 0 saturated heterocycles. The molecule has 0 N–H and O–H groups in total. The first-order valence-corrected chi connectivity index (χ1v) is 16.3. The van der Waals surface area contributed by atoms with E-state index in [1.807, 2.05) is 48.5 Å². The number of nitrogens with zero attached hydrogens (tertiary/aromatic N) is 2. The van der Waals surface area contributed by atoms with Crippen molar-refractivity contribution in [3.63, 3.8) is 0 Å². The molecule has 224 valence electrons. The normalized spacial score (nSPS) is 13.2. The van der Waals surface area contributed by atoms with Gasteiger partial charge in [-0.1, -0.05) is 97.1 Å². The van der Waals surface area contributed by atoms with Gasteiger partial charge in [-0.2, -0.15) is 0 Å². The number of ether oxygens (including phenoxy) is 2. The van der Waals surface area contributed by atoms with Crippen LogP contribution in [0.1, 0.15) is 0 Å². The second-order valence-electron chi connectivity index (χ2n) is 12.5.